The molecule has 0 saturated carbocycles. The fourth-order valence-corrected chi connectivity index (χ4v) is 3.03. The Bertz CT molecular complexity index is 336. The van der Waals surface area contributed by atoms with Crippen LogP contribution in [-0.4, -0.2) is 30.1 Å². The lowest BCUT2D eigenvalue weighted by atomic mass is 10.1. The Hall–Kier alpha value is -0.860. The first-order valence-corrected chi connectivity index (χ1v) is 6.70. The number of hydrogen-bond acceptors (Lipinski definition) is 2. The smallest absolute Gasteiger partial charge is 0.0110 e. The van der Waals surface area contributed by atoms with E-state index in [1.807, 2.05) is 0 Å². The molecule has 17 heavy (non-hydrogen) atoms. The third-order valence-corrected chi connectivity index (χ3v) is 3.98. The van der Waals surface area contributed by atoms with Gasteiger partial charge in [-0.15, -0.1) is 0 Å². The normalized spacial score (nSPS) is 27.2. The molecule has 2 N–H and O–H groups in total. The molecule has 1 heterocycles. The van der Waals surface area contributed by atoms with Crippen LogP contribution in [0.3, 0.4) is 0 Å². The zero-order valence-corrected chi connectivity index (χ0v) is 11.0. The molecular weight excluding hydrogens is 208 g/mol. The van der Waals surface area contributed by atoms with Crippen molar-refractivity contribution in [1.82, 2.24) is 4.90 Å². The molecule has 2 rings (SSSR count). The van der Waals surface area contributed by atoms with Gasteiger partial charge >= 0.3 is 0 Å². The van der Waals surface area contributed by atoms with Gasteiger partial charge in [0.2, 0.25) is 0 Å². The van der Waals surface area contributed by atoms with E-state index in [-0.39, 0.29) is 0 Å². The predicted octanol–water partition coefficient (Wildman–Crippen LogP) is 2.29. The molecule has 94 valence electrons. The average Bonchev–Trinajstić information content (AvgIpc) is 2.72. The van der Waals surface area contributed by atoms with Crippen molar-refractivity contribution in [1.29, 1.82) is 0 Å². The quantitative estimate of drug-likeness (QED) is 0.863. The van der Waals surface area contributed by atoms with Crippen LogP contribution < -0.4 is 5.73 Å². The highest BCUT2D eigenvalue weighted by atomic mass is 15.2. The van der Waals surface area contributed by atoms with E-state index in [9.17, 15) is 0 Å². The van der Waals surface area contributed by atoms with Crippen LogP contribution >= 0.6 is 0 Å². The molecule has 3 unspecified atom stereocenters. The molecule has 1 saturated heterocycles. The van der Waals surface area contributed by atoms with Gasteiger partial charge in [0.1, 0.15) is 0 Å². The van der Waals surface area contributed by atoms with Crippen molar-refractivity contribution < 1.29 is 0 Å². The van der Waals surface area contributed by atoms with Gasteiger partial charge in [0.05, 0.1) is 0 Å². The summed E-state index contributed by atoms with van der Waals surface area (Å²) >= 11 is 0. The zero-order chi connectivity index (χ0) is 12.3. The first-order chi connectivity index (χ1) is 8.20. The lowest BCUT2D eigenvalue weighted by Crippen LogP contribution is -2.37. The Morgan fingerprint density at radius 3 is 2.65 bits per heavy atom. The second-order valence-corrected chi connectivity index (χ2v) is 5.42. The van der Waals surface area contributed by atoms with Gasteiger partial charge < -0.3 is 5.73 Å². The summed E-state index contributed by atoms with van der Waals surface area (Å²) in [4.78, 5) is 2.62. The van der Waals surface area contributed by atoms with Gasteiger partial charge in [-0.05, 0) is 44.7 Å². The maximum absolute atomic E-state index is 5.78. The van der Waals surface area contributed by atoms with Crippen molar-refractivity contribution >= 4 is 0 Å². The number of nitrogens with two attached hydrogens (primary N) is 1. The first-order valence-electron chi connectivity index (χ1n) is 6.70. The van der Waals surface area contributed by atoms with E-state index < -0.39 is 0 Å². The maximum Gasteiger partial charge on any atom is 0.0110 e. The minimum absolute atomic E-state index is 0.615. The predicted molar refractivity (Wildman–Crippen MR) is 72.9 cm³/mol. The van der Waals surface area contributed by atoms with Gasteiger partial charge in [0.15, 0.2) is 0 Å². The van der Waals surface area contributed by atoms with E-state index in [4.69, 9.17) is 5.73 Å². The van der Waals surface area contributed by atoms with Gasteiger partial charge in [-0.3, -0.25) is 4.90 Å². The Balaban J connectivity index is 1.94. The van der Waals surface area contributed by atoms with Crippen LogP contribution in [0.2, 0.25) is 0 Å². The third-order valence-electron chi connectivity index (χ3n) is 3.98. The third kappa shape index (κ3) is 3.08. The number of likely N-dealkylation sites (tertiary alicyclic amines) is 1. The van der Waals surface area contributed by atoms with Crippen LogP contribution in [0.4, 0.5) is 0 Å². The zero-order valence-electron chi connectivity index (χ0n) is 11.0. The molecule has 0 bridgehead atoms. The van der Waals surface area contributed by atoms with Gasteiger partial charge in [0, 0.05) is 18.6 Å². The molecule has 1 aromatic carbocycles. The van der Waals surface area contributed by atoms with E-state index in [2.05, 4.69) is 49.1 Å². The van der Waals surface area contributed by atoms with Crippen molar-refractivity contribution in [2.45, 2.75) is 38.8 Å². The molecule has 0 aromatic heterocycles. The average molecular weight is 232 g/mol. The molecule has 1 aliphatic heterocycles. The largest absolute Gasteiger partial charge is 0.330 e. The van der Waals surface area contributed by atoms with Crippen LogP contribution in [0.1, 0.15) is 25.8 Å². The van der Waals surface area contributed by atoms with E-state index in [0.717, 1.165) is 13.0 Å². The summed E-state index contributed by atoms with van der Waals surface area (Å²) in [6.07, 6.45) is 2.40. The van der Waals surface area contributed by atoms with Crippen LogP contribution in [0.5, 0.6) is 0 Å². The SMILES string of the molecule is CC(Cc1ccccc1)N1CC(CN)CC1C. The molecule has 2 heteroatoms. The molecule has 0 aliphatic carbocycles. The molecule has 3 atom stereocenters. The van der Waals surface area contributed by atoms with Gasteiger partial charge in [0.25, 0.3) is 0 Å². The highest BCUT2D eigenvalue weighted by molar-refractivity contribution is 5.15. The fraction of sp³-hybridized carbons (Fsp3) is 0.600. The van der Waals surface area contributed by atoms with Crippen LogP contribution in [0.15, 0.2) is 30.3 Å². The van der Waals surface area contributed by atoms with Crippen LogP contribution in [-0.2, 0) is 6.42 Å². The Labute approximate surface area is 105 Å². The van der Waals surface area contributed by atoms with Crippen molar-refractivity contribution in [2.75, 3.05) is 13.1 Å². The standard InChI is InChI=1S/C15H24N2/c1-12(8-14-6-4-3-5-7-14)17-11-15(10-16)9-13(17)2/h3-7,12-13,15H,8-11,16H2,1-2H3. The Kier molecular flexibility index (Phi) is 4.19. The van der Waals surface area contributed by atoms with E-state index in [1.54, 1.807) is 0 Å². The van der Waals surface area contributed by atoms with Crippen LogP contribution in [0.25, 0.3) is 0 Å². The molecule has 1 aromatic rings. The molecule has 0 radical (unpaired) electrons. The maximum atomic E-state index is 5.78. The summed E-state index contributed by atoms with van der Waals surface area (Å²) in [5.74, 6) is 0.697. The first kappa shape index (κ1) is 12.6. The van der Waals surface area contributed by atoms with Crippen LogP contribution in [0, 0.1) is 5.92 Å². The van der Waals surface area contributed by atoms with Crippen molar-refractivity contribution in [3.05, 3.63) is 35.9 Å². The van der Waals surface area contributed by atoms with E-state index in [1.165, 1.54) is 18.5 Å². The summed E-state index contributed by atoms with van der Waals surface area (Å²) in [6.45, 7) is 6.67. The van der Waals surface area contributed by atoms with E-state index >= 15 is 0 Å². The Morgan fingerprint density at radius 1 is 1.35 bits per heavy atom. The molecule has 0 amide bonds. The molecular formula is C15H24N2. The summed E-state index contributed by atoms with van der Waals surface area (Å²) in [7, 11) is 0. The van der Waals surface area contributed by atoms with Gasteiger partial charge in [-0.25, -0.2) is 0 Å². The monoisotopic (exact) mass is 232 g/mol. The number of benzene rings is 1. The lowest BCUT2D eigenvalue weighted by molar-refractivity contribution is 0.198. The Morgan fingerprint density at radius 2 is 2.06 bits per heavy atom. The number of nitrogens with zero attached hydrogens (tertiary/aromatic N) is 1. The second-order valence-electron chi connectivity index (χ2n) is 5.42. The van der Waals surface area contributed by atoms with Crippen molar-refractivity contribution in [3.63, 3.8) is 0 Å². The summed E-state index contributed by atoms with van der Waals surface area (Å²) in [5.41, 5.74) is 7.22. The molecule has 1 aliphatic rings. The molecule has 2 nitrogen and oxygen atoms in total. The molecule has 0 spiro atoms. The van der Waals surface area contributed by atoms with E-state index in [0.29, 0.717) is 18.0 Å². The van der Waals surface area contributed by atoms with Crippen molar-refractivity contribution in [3.8, 4) is 0 Å². The summed E-state index contributed by atoms with van der Waals surface area (Å²) in [6, 6.07) is 12.1. The number of rotatable bonds is 4. The highest BCUT2D eigenvalue weighted by Gasteiger charge is 2.30. The van der Waals surface area contributed by atoms with Gasteiger partial charge in [-0.2, -0.15) is 0 Å². The van der Waals surface area contributed by atoms with Gasteiger partial charge in [-0.1, -0.05) is 30.3 Å². The summed E-state index contributed by atoms with van der Waals surface area (Å²) in [5, 5.41) is 0. The number of hydrogen-bond donors (Lipinski definition) is 1. The topological polar surface area (TPSA) is 29.3 Å². The summed E-state index contributed by atoms with van der Waals surface area (Å²) < 4.78 is 0. The second kappa shape index (κ2) is 5.65. The minimum atomic E-state index is 0.615. The van der Waals surface area contributed by atoms with Crippen molar-refractivity contribution in [2.24, 2.45) is 11.7 Å². The minimum Gasteiger partial charge on any atom is -0.330 e. The molecule has 1 fully saturated rings. The highest BCUT2D eigenvalue weighted by Crippen LogP contribution is 2.25. The lowest BCUT2D eigenvalue weighted by Gasteiger charge is -2.28. The fourth-order valence-electron chi connectivity index (χ4n) is 3.03.